The van der Waals surface area contributed by atoms with Crippen LogP contribution in [0.3, 0.4) is 0 Å². The van der Waals surface area contributed by atoms with Gasteiger partial charge in [-0.1, -0.05) is 0 Å². The van der Waals surface area contributed by atoms with Gasteiger partial charge in [-0.3, -0.25) is 4.79 Å². The van der Waals surface area contributed by atoms with Crippen molar-refractivity contribution in [1.82, 2.24) is 0 Å². The highest BCUT2D eigenvalue weighted by molar-refractivity contribution is 6.05. The molecule has 0 saturated carbocycles. The summed E-state index contributed by atoms with van der Waals surface area (Å²) in [6, 6.07) is 9.11. The highest BCUT2D eigenvalue weighted by Crippen LogP contribution is 2.38. The average molecular weight is 365 g/mol. The molecule has 134 valence electrons. The maximum Gasteiger partial charge on any atom is 0.255 e. The quantitative estimate of drug-likeness (QED) is 0.851. The van der Waals surface area contributed by atoms with Crippen molar-refractivity contribution in [3.63, 3.8) is 0 Å². The summed E-state index contributed by atoms with van der Waals surface area (Å²) in [7, 11) is 4.57. The van der Waals surface area contributed by atoms with Crippen LogP contribution in [-0.2, 0) is 6.42 Å². The third-order valence-corrected chi connectivity index (χ3v) is 4.00. The molecule has 2 aromatic carbocycles. The first-order chi connectivity index (χ1) is 11.7. The minimum absolute atomic E-state index is 0. The first kappa shape index (κ1) is 18.7. The lowest BCUT2D eigenvalue weighted by Gasteiger charge is -2.14. The molecule has 0 atom stereocenters. The number of nitrogens with one attached hydrogen (secondary N) is 2. The Morgan fingerprint density at radius 1 is 1.04 bits per heavy atom. The van der Waals surface area contributed by atoms with Crippen molar-refractivity contribution in [2.24, 2.45) is 0 Å². The number of anilines is 2. The number of carbonyl (C=O) groups is 1. The van der Waals surface area contributed by atoms with Gasteiger partial charge in [0.2, 0.25) is 5.75 Å². The standard InChI is InChI=1S/C18H20N2O4.ClH/c1-22-15-9-12(10-16(23-2)17(15)24-3)18(21)20-13-4-5-14-11(8-13)6-7-19-14;/h4-5,8-10,19H,6-7H2,1-3H3,(H,20,21);1H. The Kier molecular flexibility index (Phi) is 5.98. The zero-order valence-electron chi connectivity index (χ0n) is 14.3. The first-order valence-electron chi connectivity index (χ1n) is 7.64. The fourth-order valence-electron chi connectivity index (χ4n) is 2.80. The van der Waals surface area contributed by atoms with Crippen LogP contribution in [0, 0.1) is 0 Å². The topological polar surface area (TPSA) is 68.8 Å². The summed E-state index contributed by atoms with van der Waals surface area (Å²) in [5.74, 6) is 1.11. The van der Waals surface area contributed by atoms with Gasteiger partial charge in [0.15, 0.2) is 11.5 Å². The minimum Gasteiger partial charge on any atom is -0.493 e. The van der Waals surface area contributed by atoms with E-state index in [4.69, 9.17) is 14.2 Å². The third-order valence-electron chi connectivity index (χ3n) is 4.00. The molecule has 0 saturated heterocycles. The molecule has 25 heavy (non-hydrogen) atoms. The molecular formula is C18H21ClN2O4. The highest BCUT2D eigenvalue weighted by atomic mass is 35.5. The molecule has 6 nitrogen and oxygen atoms in total. The summed E-state index contributed by atoms with van der Waals surface area (Å²) in [5, 5.41) is 6.20. The molecule has 0 spiro atoms. The Morgan fingerprint density at radius 3 is 2.32 bits per heavy atom. The van der Waals surface area contributed by atoms with Crippen LogP contribution in [0.15, 0.2) is 30.3 Å². The number of benzene rings is 2. The number of ether oxygens (including phenoxy) is 3. The highest BCUT2D eigenvalue weighted by Gasteiger charge is 2.18. The van der Waals surface area contributed by atoms with Gasteiger partial charge in [0.1, 0.15) is 0 Å². The van der Waals surface area contributed by atoms with Crippen molar-refractivity contribution >= 4 is 29.7 Å². The molecule has 3 rings (SSSR count). The summed E-state index contributed by atoms with van der Waals surface area (Å²) in [6.45, 7) is 0.930. The van der Waals surface area contributed by atoms with E-state index in [2.05, 4.69) is 10.6 Å². The van der Waals surface area contributed by atoms with Gasteiger partial charge in [-0.15, -0.1) is 12.4 Å². The van der Waals surface area contributed by atoms with Gasteiger partial charge in [-0.05, 0) is 42.3 Å². The molecule has 1 amide bonds. The molecule has 0 aromatic heterocycles. The van der Waals surface area contributed by atoms with Crippen molar-refractivity contribution in [1.29, 1.82) is 0 Å². The summed E-state index contributed by atoms with van der Waals surface area (Å²) in [6.07, 6.45) is 0.962. The van der Waals surface area contributed by atoms with Crippen LogP contribution in [0.25, 0.3) is 0 Å². The van der Waals surface area contributed by atoms with E-state index in [1.54, 1.807) is 12.1 Å². The van der Waals surface area contributed by atoms with E-state index >= 15 is 0 Å². The third kappa shape index (κ3) is 3.74. The molecule has 0 unspecified atom stereocenters. The molecule has 1 heterocycles. The zero-order chi connectivity index (χ0) is 17.1. The van der Waals surface area contributed by atoms with Gasteiger partial charge in [-0.2, -0.15) is 0 Å². The Hall–Kier alpha value is -2.60. The molecule has 7 heteroatoms. The predicted octanol–water partition coefficient (Wildman–Crippen LogP) is 3.35. The van der Waals surface area contributed by atoms with Crippen LogP contribution in [-0.4, -0.2) is 33.8 Å². The number of methoxy groups -OCH3 is 3. The van der Waals surface area contributed by atoms with Crippen molar-refractivity contribution in [3.05, 3.63) is 41.5 Å². The predicted molar refractivity (Wildman–Crippen MR) is 99.9 cm³/mol. The second-order valence-electron chi connectivity index (χ2n) is 5.42. The van der Waals surface area contributed by atoms with Crippen molar-refractivity contribution in [2.45, 2.75) is 6.42 Å². The fraction of sp³-hybridized carbons (Fsp3) is 0.278. The van der Waals surface area contributed by atoms with Crippen LogP contribution < -0.4 is 24.8 Å². The van der Waals surface area contributed by atoms with Crippen LogP contribution >= 0.6 is 12.4 Å². The second kappa shape index (κ2) is 7.98. The van der Waals surface area contributed by atoms with E-state index in [-0.39, 0.29) is 18.3 Å². The molecule has 0 bridgehead atoms. The SMILES string of the molecule is COc1cc(C(=O)Nc2ccc3c(c2)CCN3)cc(OC)c1OC.Cl. The van der Waals surface area contributed by atoms with Gasteiger partial charge < -0.3 is 24.8 Å². The van der Waals surface area contributed by atoms with E-state index in [0.29, 0.717) is 22.8 Å². The smallest absolute Gasteiger partial charge is 0.255 e. The van der Waals surface area contributed by atoms with Gasteiger partial charge in [0.05, 0.1) is 21.3 Å². The number of halogens is 1. The molecule has 1 aliphatic rings. The lowest BCUT2D eigenvalue weighted by Crippen LogP contribution is -2.12. The minimum atomic E-state index is -0.236. The van der Waals surface area contributed by atoms with E-state index in [1.165, 1.54) is 26.9 Å². The number of rotatable bonds is 5. The molecular weight excluding hydrogens is 344 g/mol. The summed E-state index contributed by atoms with van der Waals surface area (Å²) < 4.78 is 15.8. The fourth-order valence-corrected chi connectivity index (χ4v) is 2.80. The van der Waals surface area contributed by atoms with Crippen molar-refractivity contribution in [3.8, 4) is 17.2 Å². The Morgan fingerprint density at radius 2 is 1.72 bits per heavy atom. The number of amides is 1. The maximum atomic E-state index is 12.6. The Labute approximate surface area is 152 Å². The molecule has 2 aromatic rings. The Bertz CT molecular complexity index is 755. The van der Waals surface area contributed by atoms with Gasteiger partial charge >= 0.3 is 0 Å². The molecule has 0 aliphatic carbocycles. The normalized spacial score (nSPS) is 11.6. The van der Waals surface area contributed by atoms with Crippen LogP contribution in [0.4, 0.5) is 11.4 Å². The van der Waals surface area contributed by atoms with E-state index in [9.17, 15) is 4.79 Å². The Balaban J connectivity index is 0.00000225. The summed E-state index contributed by atoms with van der Waals surface area (Å²) in [5.41, 5.74) is 3.53. The van der Waals surface area contributed by atoms with Crippen LogP contribution in [0.1, 0.15) is 15.9 Å². The average Bonchev–Trinajstić information content (AvgIpc) is 3.07. The molecule has 2 N–H and O–H groups in total. The van der Waals surface area contributed by atoms with Gasteiger partial charge in [0, 0.05) is 23.5 Å². The van der Waals surface area contributed by atoms with Gasteiger partial charge in [0.25, 0.3) is 5.91 Å². The largest absolute Gasteiger partial charge is 0.493 e. The summed E-state index contributed by atoms with van der Waals surface area (Å²) in [4.78, 5) is 12.6. The molecule has 1 aliphatic heterocycles. The van der Waals surface area contributed by atoms with Gasteiger partial charge in [-0.25, -0.2) is 0 Å². The van der Waals surface area contributed by atoms with E-state index < -0.39 is 0 Å². The van der Waals surface area contributed by atoms with Crippen molar-refractivity contribution < 1.29 is 19.0 Å². The van der Waals surface area contributed by atoms with E-state index in [1.807, 2.05) is 18.2 Å². The van der Waals surface area contributed by atoms with Crippen molar-refractivity contribution in [2.75, 3.05) is 38.5 Å². The van der Waals surface area contributed by atoms with Crippen LogP contribution in [0.2, 0.25) is 0 Å². The lowest BCUT2D eigenvalue weighted by atomic mass is 10.1. The second-order valence-corrected chi connectivity index (χ2v) is 5.42. The monoisotopic (exact) mass is 364 g/mol. The summed E-state index contributed by atoms with van der Waals surface area (Å²) >= 11 is 0. The number of carbonyl (C=O) groups excluding carboxylic acids is 1. The number of hydrogen-bond acceptors (Lipinski definition) is 5. The number of fused-ring (bicyclic) bond motifs is 1. The first-order valence-corrected chi connectivity index (χ1v) is 7.64. The molecule has 0 radical (unpaired) electrons. The maximum absolute atomic E-state index is 12.6. The van der Waals surface area contributed by atoms with Crippen LogP contribution in [0.5, 0.6) is 17.2 Å². The van der Waals surface area contributed by atoms with E-state index in [0.717, 1.165) is 24.3 Å². The lowest BCUT2D eigenvalue weighted by molar-refractivity contribution is 0.102. The molecule has 0 fully saturated rings. The zero-order valence-corrected chi connectivity index (χ0v) is 15.2. The number of hydrogen-bond donors (Lipinski definition) is 2.